The summed E-state index contributed by atoms with van der Waals surface area (Å²) in [6, 6.07) is 0. The summed E-state index contributed by atoms with van der Waals surface area (Å²) in [4.78, 5) is 8.21. The van der Waals surface area contributed by atoms with Gasteiger partial charge in [-0.3, -0.25) is 0 Å². The van der Waals surface area contributed by atoms with Crippen LogP contribution in [0.25, 0.3) is 0 Å². The number of rotatable bonds is 2. The van der Waals surface area contributed by atoms with Gasteiger partial charge in [-0.2, -0.15) is 0 Å². The predicted molar refractivity (Wildman–Crippen MR) is 49.8 cm³/mol. The van der Waals surface area contributed by atoms with Crippen LogP contribution in [-0.2, 0) is 0 Å². The zero-order valence-electron chi connectivity index (χ0n) is 7.99. The largest absolute Gasteiger partial charge is 0.504 e. The highest BCUT2D eigenvalue weighted by molar-refractivity contribution is 5.36. The summed E-state index contributed by atoms with van der Waals surface area (Å²) in [5.41, 5.74) is 1.62. The van der Waals surface area contributed by atoms with E-state index < -0.39 is 0 Å². The maximum absolute atomic E-state index is 9.84. The van der Waals surface area contributed by atoms with Crippen molar-refractivity contribution in [1.29, 1.82) is 0 Å². The second kappa shape index (κ2) is 2.98. The van der Waals surface area contributed by atoms with Crippen LogP contribution in [-0.4, -0.2) is 15.1 Å². The van der Waals surface area contributed by atoms with Crippen molar-refractivity contribution in [3.8, 4) is 5.75 Å². The highest BCUT2D eigenvalue weighted by Gasteiger charge is 2.29. The van der Waals surface area contributed by atoms with Crippen LogP contribution in [0.2, 0.25) is 0 Å². The molecule has 1 aliphatic carbocycles. The average Bonchev–Trinajstić information content (AvgIpc) is 2.87. The lowest BCUT2D eigenvalue weighted by atomic mass is 10.1. The summed E-state index contributed by atoms with van der Waals surface area (Å²) in [5.74, 6) is 1.07. The van der Waals surface area contributed by atoms with E-state index in [1.807, 2.05) is 13.8 Å². The number of nitrogens with zero attached hydrogens (tertiary/aromatic N) is 2. The molecule has 2 rings (SSSR count). The molecule has 1 saturated carbocycles. The van der Waals surface area contributed by atoms with Crippen LogP contribution < -0.4 is 0 Å². The number of hydrogen-bond donors (Lipinski definition) is 1. The fourth-order valence-electron chi connectivity index (χ4n) is 1.48. The Hall–Kier alpha value is -1.12. The van der Waals surface area contributed by atoms with E-state index in [2.05, 4.69) is 9.97 Å². The van der Waals surface area contributed by atoms with Crippen molar-refractivity contribution in [1.82, 2.24) is 9.97 Å². The molecule has 0 atom stereocenters. The minimum atomic E-state index is 0.264. The molecule has 0 spiro atoms. The molecular formula is C10H14N2O. The van der Waals surface area contributed by atoms with E-state index in [0.717, 1.165) is 24.2 Å². The highest BCUT2D eigenvalue weighted by Crippen LogP contribution is 2.43. The van der Waals surface area contributed by atoms with Gasteiger partial charge in [-0.1, -0.05) is 13.8 Å². The van der Waals surface area contributed by atoms with Gasteiger partial charge < -0.3 is 5.11 Å². The third-order valence-electron chi connectivity index (χ3n) is 2.39. The number of aromatic nitrogens is 2. The number of hydrogen-bond acceptors (Lipinski definition) is 3. The van der Waals surface area contributed by atoms with Crippen LogP contribution in [0.1, 0.15) is 49.9 Å². The maximum atomic E-state index is 9.84. The molecule has 3 heteroatoms. The van der Waals surface area contributed by atoms with Crippen molar-refractivity contribution < 1.29 is 5.11 Å². The van der Waals surface area contributed by atoms with Gasteiger partial charge in [-0.25, -0.2) is 9.97 Å². The van der Waals surface area contributed by atoms with E-state index in [4.69, 9.17) is 0 Å². The summed E-state index contributed by atoms with van der Waals surface area (Å²) in [6.07, 6.45) is 3.87. The van der Waals surface area contributed by atoms with Gasteiger partial charge >= 0.3 is 0 Å². The zero-order valence-corrected chi connectivity index (χ0v) is 7.99. The fraction of sp³-hybridized carbons (Fsp3) is 0.600. The molecule has 0 aliphatic heterocycles. The SMILES string of the molecule is CC(C)c1ncnc(C2CC2)c1O. The standard InChI is InChI=1S/C10H14N2O/c1-6(2)8-10(13)9(7-3-4-7)12-5-11-8/h5-7,13H,3-4H2,1-2H3. The third-order valence-corrected chi connectivity index (χ3v) is 2.39. The van der Waals surface area contributed by atoms with Crippen molar-refractivity contribution in [3.05, 3.63) is 17.7 Å². The molecule has 0 amide bonds. The lowest BCUT2D eigenvalue weighted by Crippen LogP contribution is -1.98. The summed E-state index contributed by atoms with van der Waals surface area (Å²) in [5, 5.41) is 9.84. The van der Waals surface area contributed by atoms with Gasteiger partial charge in [-0.05, 0) is 18.8 Å². The van der Waals surface area contributed by atoms with E-state index in [1.54, 1.807) is 6.33 Å². The minimum Gasteiger partial charge on any atom is -0.504 e. The van der Waals surface area contributed by atoms with E-state index >= 15 is 0 Å². The van der Waals surface area contributed by atoms with Crippen molar-refractivity contribution in [2.75, 3.05) is 0 Å². The smallest absolute Gasteiger partial charge is 0.159 e. The highest BCUT2D eigenvalue weighted by atomic mass is 16.3. The monoisotopic (exact) mass is 178 g/mol. The molecule has 0 radical (unpaired) electrons. The van der Waals surface area contributed by atoms with E-state index in [0.29, 0.717) is 11.7 Å². The van der Waals surface area contributed by atoms with E-state index in [1.165, 1.54) is 0 Å². The fourth-order valence-corrected chi connectivity index (χ4v) is 1.48. The van der Waals surface area contributed by atoms with Crippen LogP contribution in [0.5, 0.6) is 5.75 Å². The topological polar surface area (TPSA) is 46.0 Å². The van der Waals surface area contributed by atoms with Gasteiger partial charge in [0, 0.05) is 5.92 Å². The van der Waals surface area contributed by atoms with Crippen LogP contribution in [0, 0.1) is 0 Å². The average molecular weight is 178 g/mol. The molecule has 0 saturated heterocycles. The molecule has 1 aromatic heterocycles. The summed E-state index contributed by atoms with van der Waals surface area (Å²) in [7, 11) is 0. The molecule has 1 heterocycles. The lowest BCUT2D eigenvalue weighted by molar-refractivity contribution is 0.448. The summed E-state index contributed by atoms with van der Waals surface area (Å²) in [6.45, 7) is 4.05. The van der Waals surface area contributed by atoms with Gasteiger partial charge in [-0.15, -0.1) is 0 Å². The van der Waals surface area contributed by atoms with Gasteiger partial charge in [0.15, 0.2) is 5.75 Å². The second-order valence-corrected chi connectivity index (χ2v) is 3.92. The van der Waals surface area contributed by atoms with Gasteiger partial charge in [0.2, 0.25) is 0 Å². The Morgan fingerprint density at radius 2 is 2.08 bits per heavy atom. The van der Waals surface area contributed by atoms with Crippen LogP contribution >= 0.6 is 0 Å². The summed E-state index contributed by atoms with van der Waals surface area (Å²) < 4.78 is 0. The summed E-state index contributed by atoms with van der Waals surface area (Å²) >= 11 is 0. The lowest BCUT2D eigenvalue weighted by Gasteiger charge is -2.09. The minimum absolute atomic E-state index is 0.264. The van der Waals surface area contributed by atoms with Crippen LogP contribution in [0.3, 0.4) is 0 Å². The Labute approximate surface area is 77.8 Å². The van der Waals surface area contributed by atoms with Crippen molar-refractivity contribution >= 4 is 0 Å². The maximum Gasteiger partial charge on any atom is 0.159 e. The third kappa shape index (κ3) is 1.50. The Morgan fingerprint density at radius 3 is 2.62 bits per heavy atom. The molecule has 1 N–H and O–H groups in total. The first-order chi connectivity index (χ1) is 6.20. The van der Waals surface area contributed by atoms with Crippen LogP contribution in [0.4, 0.5) is 0 Å². The molecule has 1 aliphatic rings. The second-order valence-electron chi connectivity index (χ2n) is 3.92. The molecule has 1 aromatic rings. The van der Waals surface area contributed by atoms with Crippen molar-refractivity contribution in [2.45, 2.75) is 38.5 Å². The van der Waals surface area contributed by atoms with E-state index in [-0.39, 0.29) is 5.92 Å². The molecule has 0 bridgehead atoms. The molecule has 0 aromatic carbocycles. The van der Waals surface area contributed by atoms with Gasteiger partial charge in [0.05, 0.1) is 11.4 Å². The first-order valence-corrected chi connectivity index (χ1v) is 4.74. The van der Waals surface area contributed by atoms with Gasteiger partial charge in [0.1, 0.15) is 6.33 Å². The quantitative estimate of drug-likeness (QED) is 0.755. The molecule has 1 fully saturated rings. The Balaban J connectivity index is 2.41. The zero-order chi connectivity index (χ0) is 9.42. The predicted octanol–water partition coefficient (Wildman–Crippen LogP) is 2.18. The number of aromatic hydroxyl groups is 1. The first-order valence-electron chi connectivity index (χ1n) is 4.74. The Bertz CT molecular complexity index is 298. The molecular weight excluding hydrogens is 164 g/mol. The van der Waals surface area contributed by atoms with Crippen LogP contribution in [0.15, 0.2) is 6.33 Å². The van der Waals surface area contributed by atoms with Crippen molar-refractivity contribution in [3.63, 3.8) is 0 Å². The van der Waals surface area contributed by atoms with Crippen molar-refractivity contribution in [2.24, 2.45) is 0 Å². The Kier molecular flexibility index (Phi) is 1.94. The molecule has 0 unspecified atom stereocenters. The normalized spacial score (nSPS) is 16.5. The molecule has 13 heavy (non-hydrogen) atoms. The van der Waals surface area contributed by atoms with E-state index in [9.17, 15) is 5.11 Å². The molecule has 70 valence electrons. The molecule has 3 nitrogen and oxygen atoms in total. The van der Waals surface area contributed by atoms with Gasteiger partial charge in [0.25, 0.3) is 0 Å². The Morgan fingerprint density at radius 1 is 1.38 bits per heavy atom. The first kappa shape index (κ1) is 8.48.